The number of primary sulfonamides is 1. The van der Waals surface area contributed by atoms with E-state index in [1.54, 1.807) is 12.1 Å². The third-order valence-corrected chi connectivity index (χ3v) is 6.74. The smallest absolute Gasteiger partial charge is 0.269 e. The number of anilines is 2. The summed E-state index contributed by atoms with van der Waals surface area (Å²) in [6.07, 6.45) is 1.02. The van der Waals surface area contributed by atoms with Gasteiger partial charge in [-0.3, -0.25) is 10.1 Å². The van der Waals surface area contributed by atoms with E-state index in [1.165, 1.54) is 24.3 Å². The lowest BCUT2D eigenvalue weighted by Gasteiger charge is -2.38. The van der Waals surface area contributed by atoms with Gasteiger partial charge in [-0.05, 0) is 30.3 Å². The largest absolute Gasteiger partial charge is 0.368 e. The number of sulfone groups is 1. The van der Waals surface area contributed by atoms with Gasteiger partial charge in [0.25, 0.3) is 5.69 Å². The summed E-state index contributed by atoms with van der Waals surface area (Å²) < 4.78 is 47.6. The van der Waals surface area contributed by atoms with Crippen molar-refractivity contribution in [2.24, 2.45) is 5.14 Å². The average molecular weight is 441 g/mol. The number of sulfonamides is 1. The first-order valence-corrected chi connectivity index (χ1v) is 12.0. The molecular formula is C17H20N4O6S2. The van der Waals surface area contributed by atoms with E-state index in [0.29, 0.717) is 31.9 Å². The highest BCUT2D eigenvalue weighted by molar-refractivity contribution is 7.91. The molecule has 3 rings (SSSR count). The molecule has 1 heterocycles. The van der Waals surface area contributed by atoms with Gasteiger partial charge in [0.15, 0.2) is 9.84 Å². The van der Waals surface area contributed by atoms with Crippen LogP contribution < -0.4 is 14.9 Å². The SMILES string of the molecule is CS(=O)(=O)c1cc(S(N)(=O)=O)ccc1N1CCN(c2ccc([N+](=O)[O-])cc2)CC1. The Morgan fingerprint density at radius 2 is 1.48 bits per heavy atom. The summed E-state index contributed by atoms with van der Waals surface area (Å²) >= 11 is 0. The number of nitrogens with zero attached hydrogens (tertiary/aromatic N) is 3. The molecule has 0 aliphatic carbocycles. The highest BCUT2D eigenvalue weighted by Crippen LogP contribution is 2.30. The van der Waals surface area contributed by atoms with Gasteiger partial charge in [-0.15, -0.1) is 0 Å². The number of benzene rings is 2. The van der Waals surface area contributed by atoms with Crippen molar-refractivity contribution >= 4 is 36.9 Å². The van der Waals surface area contributed by atoms with Crippen LogP contribution in [0.4, 0.5) is 17.1 Å². The zero-order valence-corrected chi connectivity index (χ0v) is 17.2. The Morgan fingerprint density at radius 1 is 0.931 bits per heavy atom. The average Bonchev–Trinajstić information content (AvgIpc) is 2.66. The van der Waals surface area contributed by atoms with Crippen molar-refractivity contribution in [3.8, 4) is 0 Å². The number of nitrogens with two attached hydrogens (primary N) is 1. The lowest BCUT2D eigenvalue weighted by Crippen LogP contribution is -2.47. The number of piperazine rings is 1. The molecule has 1 saturated heterocycles. The molecule has 29 heavy (non-hydrogen) atoms. The first-order chi connectivity index (χ1) is 13.5. The molecule has 1 aliphatic heterocycles. The Labute approximate surface area is 168 Å². The van der Waals surface area contributed by atoms with Gasteiger partial charge in [-0.1, -0.05) is 0 Å². The van der Waals surface area contributed by atoms with Crippen molar-refractivity contribution < 1.29 is 21.8 Å². The summed E-state index contributed by atoms with van der Waals surface area (Å²) in [7, 11) is -7.71. The highest BCUT2D eigenvalue weighted by Gasteiger charge is 2.25. The lowest BCUT2D eigenvalue weighted by atomic mass is 10.2. The molecule has 0 atom stereocenters. The van der Waals surface area contributed by atoms with Crippen LogP contribution in [-0.4, -0.2) is 54.2 Å². The number of nitro benzene ring substituents is 1. The standard InChI is InChI=1S/C17H20N4O6S2/c1-28(24,25)17-12-15(29(18,26)27)6-7-16(17)20-10-8-19(9-11-20)13-2-4-14(5-3-13)21(22)23/h2-7,12H,8-11H2,1H3,(H2,18,26,27). The number of non-ortho nitro benzene ring substituents is 1. The van der Waals surface area contributed by atoms with E-state index in [0.717, 1.165) is 18.0 Å². The first-order valence-electron chi connectivity index (χ1n) is 8.58. The van der Waals surface area contributed by atoms with Gasteiger partial charge in [0.05, 0.1) is 20.4 Å². The van der Waals surface area contributed by atoms with Crippen LogP contribution >= 0.6 is 0 Å². The summed E-state index contributed by atoms with van der Waals surface area (Å²) in [6, 6.07) is 10.1. The van der Waals surface area contributed by atoms with Gasteiger partial charge < -0.3 is 9.80 Å². The molecule has 10 nitrogen and oxygen atoms in total. The Bertz CT molecular complexity index is 1140. The summed E-state index contributed by atoms with van der Waals surface area (Å²) in [4.78, 5) is 13.9. The van der Waals surface area contributed by atoms with Crippen LogP contribution in [0.2, 0.25) is 0 Å². The summed E-state index contributed by atoms with van der Waals surface area (Å²) in [5, 5.41) is 15.9. The second-order valence-electron chi connectivity index (χ2n) is 6.69. The van der Waals surface area contributed by atoms with Crippen LogP contribution in [0, 0.1) is 10.1 Å². The van der Waals surface area contributed by atoms with Crippen molar-refractivity contribution in [1.82, 2.24) is 0 Å². The second-order valence-corrected chi connectivity index (χ2v) is 10.2. The van der Waals surface area contributed by atoms with Crippen LogP contribution in [0.3, 0.4) is 0 Å². The van der Waals surface area contributed by atoms with Gasteiger partial charge in [-0.25, -0.2) is 22.0 Å². The van der Waals surface area contributed by atoms with Crippen molar-refractivity contribution in [3.63, 3.8) is 0 Å². The number of hydrogen-bond donors (Lipinski definition) is 1. The zero-order chi connectivity index (χ0) is 21.4. The fraction of sp³-hybridized carbons (Fsp3) is 0.294. The molecule has 2 aromatic rings. The van der Waals surface area contributed by atoms with Gasteiger partial charge in [0.1, 0.15) is 0 Å². The van der Waals surface area contributed by atoms with E-state index in [-0.39, 0.29) is 15.5 Å². The maximum atomic E-state index is 12.2. The molecule has 0 radical (unpaired) electrons. The molecule has 1 fully saturated rings. The van der Waals surface area contributed by atoms with Crippen LogP contribution in [0.15, 0.2) is 52.3 Å². The zero-order valence-electron chi connectivity index (χ0n) is 15.6. The Kier molecular flexibility index (Phi) is 5.52. The van der Waals surface area contributed by atoms with Crippen molar-refractivity contribution in [3.05, 3.63) is 52.6 Å². The molecule has 2 N–H and O–H groups in total. The highest BCUT2D eigenvalue weighted by atomic mass is 32.2. The van der Waals surface area contributed by atoms with E-state index in [9.17, 15) is 26.9 Å². The molecule has 0 aromatic heterocycles. The summed E-state index contributed by atoms with van der Waals surface area (Å²) in [5.41, 5.74) is 1.27. The quantitative estimate of drug-likeness (QED) is 0.535. The Hall–Kier alpha value is -2.70. The molecule has 1 aliphatic rings. The lowest BCUT2D eigenvalue weighted by molar-refractivity contribution is -0.384. The van der Waals surface area contributed by atoms with Gasteiger partial charge in [-0.2, -0.15) is 0 Å². The van der Waals surface area contributed by atoms with Crippen LogP contribution in [0.5, 0.6) is 0 Å². The van der Waals surface area contributed by atoms with Crippen molar-refractivity contribution in [2.45, 2.75) is 9.79 Å². The topological polar surface area (TPSA) is 144 Å². The van der Waals surface area contributed by atoms with Crippen LogP contribution in [0.1, 0.15) is 0 Å². The minimum absolute atomic E-state index is 0.0140. The molecule has 156 valence electrons. The van der Waals surface area contributed by atoms with E-state index >= 15 is 0 Å². The van der Waals surface area contributed by atoms with E-state index in [4.69, 9.17) is 5.14 Å². The molecule has 12 heteroatoms. The van der Waals surface area contributed by atoms with Crippen molar-refractivity contribution in [1.29, 1.82) is 0 Å². The fourth-order valence-electron chi connectivity index (χ4n) is 3.22. The number of nitro groups is 1. The van der Waals surface area contributed by atoms with Gasteiger partial charge in [0, 0.05) is 50.3 Å². The maximum Gasteiger partial charge on any atom is 0.269 e. The summed E-state index contributed by atoms with van der Waals surface area (Å²) in [5.74, 6) is 0. The third-order valence-electron chi connectivity index (χ3n) is 4.71. The summed E-state index contributed by atoms with van der Waals surface area (Å²) in [6.45, 7) is 2.12. The second kappa shape index (κ2) is 7.61. The Morgan fingerprint density at radius 3 is 1.97 bits per heavy atom. The maximum absolute atomic E-state index is 12.2. The van der Waals surface area contributed by atoms with E-state index in [1.807, 2.05) is 9.80 Å². The monoisotopic (exact) mass is 440 g/mol. The minimum Gasteiger partial charge on any atom is -0.368 e. The molecule has 0 amide bonds. The minimum atomic E-state index is -4.03. The first kappa shape index (κ1) is 21.0. The van der Waals surface area contributed by atoms with Crippen molar-refractivity contribution in [2.75, 3.05) is 42.2 Å². The fourth-order valence-corrected chi connectivity index (χ4v) is 4.75. The van der Waals surface area contributed by atoms with Gasteiger partial charge >= 0.3 is 0 Å². The molecule has 0 bridgehead atoms. The molecular weight excluding hydrogens is 420 g/mol. The van der Waals surface area contributed by atoms with Crippen LogP contribution in [-0.2, 0) is 19.9 Å². The Balaban J connectivity index is 1.82. The molecule has 0 spiro atoms. The number of rotatable bonds is 5. The van der Waals surface area contributed by atoms with E-state index < -0.39 is 24.8 Å². The molecule has 2 aromatic carbocycles. The van der Waals surface area contributed by atoms with Gasteiger partial charge in [0.2, 0.25) is 10.0 Å². The predicted molar refractivity (Wildman–Crippen MR) is 108 cm³/mol. The number of hydrogen-bond acceptors (Lipinski definition) is 8. The third kappa shape index (κ3) is 4.66. The molecule has 0 unspecified atom stereocenters. The molecule has 0 saturated carbocycles. The van der Waals surface area contributed by atoms with Crippen LogP contribution in [0.25, 0.3) is 0 Å². The van der Waals surface area contributed by atoms with E-state index in [2.05, 4.69) is 0 Å². The normalized spacial score (nSPS) is 15.4. The predicted octanol–water partition coefficient (Wildman–Crippen LogP) is 0.972.